The first-order valence-corrected chi connectivity index (χ1v) is 13.8. The standard InChI is InChI=1S/C14H19N3O.C12H21NO2.C2H6.H2/c1-3-16-5-7-17(8-6-16)14-12-4-9-18-13(12)11(2)10-15-14;14-12(10-6-8-15-9-7-10)13-11-4-2-1-3-5-11;1-2;/h4,9-10H,3,5-8H2,1-2H3;10-11H,1-9H2,(H,13,14);1-2H3;1H. The molecule has 7 heteroatoms. The predicted octanol–water partition coefficient (Wildman–Crippen LogP) is 5.41. The number of piperazine rings is 1. The van der Waals surface area contributed by atoms with E-state index in [-0.39, 0.29) is 13.3 Å². The molecule has 1 N–H and O–H groups in total. The second-order valence-electron chi connectivity index (χ2n) is 9.58. The minimum atomic E-state index is 0. The molecule has 198 valence electrons. The minimum Gasteiger partial charge on any atom is -0.464 e. The highest BCUT2D eigenvalue weighted by Crippen LogP contribution is 2.28. The zero-order chi connectivity index (χ0) is 25.0. The topological polar surface area (TPSA) is 70.8 Å². The van der Waals surface area contributed by atoms with Crippen LogP contribution in [0.3, 0.4) is 0 Å². The Labute approximate surface area is 213 Å². The van der Waals surface area contributed by atoms with Gasteiger partial charge in [-0.15, -0.1) is 0 Å². The lowest BCUT2D eigenvalue weighted by atomic mass is 9.93. The van der Waals surface area contributed by atoms with Crippen LogP contribution in [0.4, 0.5) is 5.82 Å². The third-order valence-electron chi connectivity index (χ3n) is 7.31. The van der Waals surface area contributed by atoms with Crippen LogP contribution in [0.25, 0.3) is 11.0 Å². The molecule has 3 aliphatic rings. The third kappa shape index (κ3) is 7.68. The summed E-state index contributed by atoms with van der Waals surface area (Å²) in [4.78, 5) is 21.3. The lowest BCUT2D eigenvalue weighted by Crippen LogP contribution is -2.46. The number of furan rings is 1. The van der Waals surface area contributed by atoms with Gasteiger partial charge in [0.05, 0.1) is 11.6 Å². The number of hydrogen-bond donors (Lipinski definition) is 1. The lowest BCUT2D eigenvalue weighted by molar-refractivity contribution is -0.128. The largest absolute Gasteiger partial charge is 0.464 e. The van der Waals surface area contributed by atoms with E-state index in [0.717, 1.165) is 81.1 Å². The fraction of sp³-hybridized carbons (Fsp3) is 0.714. The molecule has 0 bridgehead atoms. The normalized spacial score (nSPS) is 19.9. The number of hydrogen-bond acceptors (Lipinski definition) is 6. The van der Waals surface area contributed by atoms with Gasteiger partial charge in [0, 0.05) is 64.5 Å². The van der Waals surface area contributed by atoms with Crippen molar-refractivity contribution in [3.63, 3.8) is 0 Å². The molecule has 2 saturated heterocycles. The number of pyridine rings is 1. The molecule has 5 rings (SSSR count). The first kappa shape index (κ1) is 27.5. The van der Waals surface area contributed by atoms with Crippen molar-refractivity contribution < 1.29 is 15.4 Å². The molecule has 35 heavy (non-hydrogen) atoms. The highest BCUT2D eigenvalue weighted by Gasteiger charge is 2.24. The number of anilines is 1. The number of carbonyl (C=O) groups excluding carboxylic acids is 1. The van der Waals surface area contributed by atoms with Gasteiger partial charge >= 0.3 is 0 Å². The molecule has 0 atom stereocenters. The van der Waals surface area contributed by atoms with Gasteiger partial charge in [0.25, 0.3) is 0 Å². The SMILES string of the molecule is CC.CCN1CCN(c2ncc(C)c3occc23)CC1.O=C(NC1CCCCC1)C1CCOCC1.[HH]. The van der Waals surface area contributed by atoms with Gasteiger partial charge in [-0.2, -0.15) is 0 Å². The highest BCUT2D eigenvalue weighted by atomic mass is 16.5. The number of rotatable bonds is 4. The van der Waals surface area contributed by atoms with E-state index in [4.69, 9.17) is 9.15 Å². The van der Waals surface area contributed by atoms with Crippen LogP contribution in [-0.4, -0.2) is 67.8 Å². The van der Waals surface area contributed by atoms with Crippen LogP contribution < -0.4 is 10.2 Å². The molecule has 0 unspecified atom stereocenters. The first-order chi connectivity index (χ1) is 17.2. The first-order valence-electron chi connectivity index (χ1n) is 13.8. The molecular formula is C28H48N4O3. The molecule has 2 aromatic heterocycles. The monoisotopic (exact) mass is 488 g/mol. The predicted molar refractivity (Wildman–Crippen MR) is 145 cm³/mol. The van der Waals surface area contributed by atoms with Crippen LogP contribution >= 0.6 is 0 Å². The van der Waals surface area contributed by atoms with Crippen LogP contribution in [0, 0.1) is 12.8 Å². The molecular weight excluding hydrogens is 440 g/mol. The molecule has 1 aliphatic carbocycles. The van der Waals surface area contributed by atoms with E-state index in [0.29, 0.717) is 6.04 Å². The number of fused-ring (bicyclic) bond motifs is 1. The summed E-state index contributed by atoms with van der Waals surface area (Å²) in [6.07, 6.45) is 11.7. The molecule has 4 heterocycles. The van der Waals surface area contributed by atoms with E-state index in [2.05, 4.69) is 27.0 Å². The second-order valence-corrected chi connectivity index (χ2v) is 9.58. The zero-order valence-electron chi connectivity index (χ0n) is 22.4. The summed E-state index contributed by atoms with van der Waals surface area (Å²) in [7, 11) is 0. The number of likely N-dealkylation sites (N-methyl/N-ethyl adjacent to an activating group) is 1. The smallest absolute Gasteiger partial charge is 0.223 e. The molecule has 2 aliphatic heterocycles. The minimum absolute atomic E-state index is 0. The number of nitrogens with zero attached hydrogens (tertiary/aromatic N) is 3. The van der Waals surface area contributed by atoms with Crippen molar-refractivity contribution >= 4 is 22.7 Å². The summed E-state index contributed by atoms with van der Waals surface area (Å²) in [6, 6.07) is 2.48. The Kier molecular flexibility index (Phi) is 11.3. The van der Waals surface area contributed by atoms with Gasteiger partial charge < -0.3 is 24.3 Å². The number of ether oxygens (including phenoxy) is 1. The molecule has 3 fully saturated rings. The van der Waals surface area contributed by atoms with Crippen molar-refractivity contribution in [2.75, 3.05) is 50.8 Å². The van der Waals surface area contributed by atoms with Crippen LogP contribution in [0.15, 0.2) is 22.9 Å². The summed E-state index contributed by atoms with van der Waals surface area (Å²) in [5.74, 6) is 1.55. The van der Waals surface area contributed by atoms with Crippen LogP contribution in [0.2, 0.25) is 0 Å². The van der Waals surface area contributed by atoms with Crippen molar-refractivity contribution in [3.05, 3.63) is 24.1 Å². The summed E-state index contributed by atoms with van der Waals surface area (Å²) in [5.41, 5.74) is 2.07. The van der Waals surface area contributed by atoms with Crippen LogP contribution in [0.5, 0.6) is 0 Å². The quantitative estimate of drug-likeness (QED) is 0.620. The van der Waals surface area contributed by atoms with E-state index >= 15 is 0 Å². The number of amides is 1. The van der Waals surface area contributed by atoms with Gasteiger partial charge in [-0.05, 0) is 45.2 Å². The number of aromatic nitrogens is 1. The fourth-order valence-corrected chi connectivity index (χ4v) is 5.13. The molecule has 7 nitrogen and oxygen atoms in total. The van der Waals surface area contributed by atoms with Gasteiger partial charge in [-0.3, -0.25) is 4.79 Å². The Hall–Kier alpha value is -2.12. The van der Waals surface area contributed by atoms with E-state index in [1.807, 2.05) is 33.0 Å². The van der Waals surface area contributed by atoms with Crippen molar-refractivity contribution in [3.8, 4) is 0 Å². The van der Waals surface area contributed by atoms with E-state index in [1.54, 1.807) is 6.26 Å². The Balaban J connectivity index is 0.000000235. The van der Waals surface area contributed by atoms with Gasteiger partial charge in [0.15, 0.2) is 0 Å². The van der Waals surface area contributed by atoms with Gasteiger partial charge in [-0.1, -0.05) is 40.0 Å². The van der Waals surface area contributed by atoms with Gasteiger partial charge in [0.2, 0.25) is 5.91 Å². The van der Waals surface area contributed by atoms with Crippen molar-refractivity contribution in [1.82, 2.24) is 15.2 Å². The summed E-state index contributed by atoms with van der Waals surface area (Å²) >= 11 is 0. The number of aryl methyl sites for hydroxylation is 1. The van der Waals surface area contributed by atoms with Crippen molar-refractivity contribution in [2.45, 2.75) is 78.7 Å². The zero-order valence-corrected chi connectivity index (χ0v) is 22.4. The average molecular weight is 489 g/mol. The Morgan fingerprint density at radius 2 is 1.77 bits per heavy atom. The molecule has 0 aromatic carbocycles. The maximum atomic E-state index is 11.9. The molecule has 0 spiro atoms. The Bertz CT molecular complexity index is 886. The van der Waals surface area contributed by atoms with Gasteiger partial charge in [0.1, 0.15) is 11.4 Å². The van der Waals surface area contributed by atoms with Crippen LogP contribution in [-0.2, 0) is 9.53 Å². The number of carbonyl (C=O) groups is 1. The van der Waals surface area contributed by atoms with Crippen molar-refractivity contribution in [1.29, 1.82) is 0 Å². The Morgan fingerprint density at radius 3 is 2.43 bits per heavy atom. The van der Waals surface area contributed by atoms with Crippen molar-refractivity contribution in [2.24, 2.45) is 5.92 Å². The summed E-state index contributed by atoms with van der Waals surface area (Å²) in [5, 5.41) is 4.33. The molecule has 1 amide bonds. The third-order valence-corrected chi connectivity index (χ3v) is 7.31. The fourth-order valence-electron chi connectivity index (χ4n) is 5.13. The maximum absolute atomic E-state index is 11.9. The highest BCUT2D eigenvalue weighted by molar-refractivity contribution is 5.90. The Morgan fingerprint density at radius 1 is 1.09 bits per heavy atom. The van der Waals surface area contributed by atoms with E-state index in [9.17, 15) is 4.79 Å². The summed E-state index contributed by atoms with van der Waals surface area (Å²) in [6.45, 7) is 15.2. The van der Waals surface area contributed by atoms with Gasteiger partial charge in [-0.25, -0.2) is 4.98 Å². The molecule has 2 aromatic rings. The number of nitrogens with one attached hydrogen (secondary N) is 1. The second kappa shape index (κ2) is 14.4. The average Bonchev–Trinajstić information content (AvgIpc) is 3.43. The lowest BCUT2D eigenvalue weighted by Gasteiger charge is -2.35. The maximum Gasteiger partial charge on any atom is 0.223 e. The van der Waals surface area contributed by atoms with E-state index in [1.165, 1.54) is 32.1 Å². The van der Waals surface area contributed by atoms with Crippen LogP contribution in [0.1, 0.15) is 72.7 Å². The molecule has 1 saturated carbocycles. The van der Waals surface area contributed by atoms with E-state index < -0.39 is 0 Å². The summed E-state index contributed by atoms with van der Waals surface area (Å²) < 4.78 is 10.8. The molecule has 0 radical (unpaired) electrons.